The standard InChI is InChI=1S/C18H32O15/c1-4-14(32-18-11(25)9(23)7(21)5(2-19)31-18)10(24)12(26)17(29-4)33-15-8(22)6(3-20)30-16(28)13(15)27/h4-28H,2-3H2,1H3/t4-,5+,6+,7+,8-,9-,10-,11-,12+,13+,14-,15-,16-,17+,18-/m0/s1. The number of aliphatic hydroxyl groups excluding tert-OH is 10. The predicted octanol–water partition coefficient (Wildman–Crippen LogP) is -6.55. The molecule has 33 heavy (non-hydrogen) atoms. The maximum atomic E-state index is 10.6. The quantitative estimate of drug-likeness (QED) is 0.167. The largest absolute Gasteiger partial charge is 0.394 e. The molecule has 15 heteroatoms. The summed E-state index contributed by atoms with van der Waals surface area (Å²) in [6.07, 6.45) is -23.5. The molecule has 0 bridgehead atoms. The average Bonchev–Trinajstić information content (AvgIpc) is 2.79. The van der Waals surface area contributed by atoms with Gasteiger partial charge in [-0.15, -0.1) is 0 Å². The molecule has 3 aliphatic rings. The van der Waals surface area contributed by atoms with Gasteiger partial charge in [0.2, 0.25) is 0 Å². The molecule has 15 atom stereocenters. The van der Waals surface area contributed by atoms with Crippen LogP contribution in [0.2, 0.25) is 0 Å². The van der Waals surface area contributed by atoms with Crippen molar-refractivity contribution in [2.45, 2.75) is 99.0 Å². The van der Waals surface area contributed by atoms with Crippen LogP contribution in [0.25, 0.3) is 0 Å². The summed E-state index contributed by atoms with van der Waals surface area (Å²) >= 11 is 0. The fourth-order valence-corrected chi connectivity index (χ4v) is 4.02. The van der Waals surface area contributed by atoms with E-state index in [1.807, 2.05) is 0 Å². The highest BCUT2D eigenvalue weighted by molar-refractivity contribution is 4.95. The maximum Gasteiger partial charge on any atom is 0.187 e. The van der Waals surface area contributed by atoms with Crippen LogP contribution in [0.1, 0.15) is 6.92 Å². The minimum atomic E-state index is -1.82. The molecule has 0 saturated carbocycles. The van der Waals surface area contributed by atoms with Gasteiger partial charge in [0.1, 0.15) is 67.1 Å². The molecule has 3 fully saturated rings. The zero-order valence-corrected chi connectivity index (χ0v) is 17.6. The van der Waals surface area contributed by atoms with Gasteiger partial charge >= 0.3 is 0 Å². The molecule has 0 spiro atoms. The number of ether oxygens (including phenoxy) is 5. The summed E-state index contributed by atoms with van der Waals surface area (Å²) in [6.45, 7) is 0.00827. The van der Waals surface area contributed by atoms with Crippen LogP contribution in [0.3, 0.4) is 0 Å². The van der Waals surface area contributed by atoms with Crippen molar-refractivity contribution < 1.29 is 74.7 Å². The van der Waals surface area contributed by atoms with Crippen molar-refractivity contribution in [2.75, 3.05) is 13.2 Å². The predicted molar refractivity (Wildman–Crippen MR) is 99.8 cm³/mol. The van der Waals surface area contributed by atoms with Crippen LogP contribution in [0.15, 0.2) is 0 Å². The van der Waals surface area contributed by atoms with Crippen LogP contribution in [0.4, 0.5) is 0 Å². The van der Waals surface area contributed by atoms with Gasteiger partial charge in [-0.1, -0.05) is 0 Å². The lowest BCUT2D eigenvalue weighted by Crippen LogP contribution is -2.65. The van der Waals surface area contributed by atoms with E-state index in [1.54, 1.807) is 0 Å². The maximum absolute atomic E-state index is 10.6. The second kappa shape index (κ2) is 11.0. The molecule has 10 N–H and O–H groups in total. The van der Waals surface area contributed by atoms with E-state index in [-0.39, 0.29) is 0 Å². The van der Waals surface area contributed by atoms with Gasteiger partial charge in [0, 0.05) is 0 Å². The highest BCUT2D eigenvalue weighted by Gasteiger charge is 2.52. The van der Waals surface area contributed by atoms with E-state index in [0.29, 0.717) is 0 Å². The van der Waals surface area contributed by atoms with Crippen LogP contribution < -0.4 is 0 Å². The highest BCUT2D eigenvalue weighted by atomic mass is 16.7. The molecule has 3 rings (SSSR count). The Kier molecular flexibility index (Phi) is 8.99. The molecule has 0 amide bonds. The van der Waals surface area contributed by atoms with E-state index in [2.05, 4.69) is 0 Å². The van der Waals surface area contributed by atoms with Crippen molar-refractivity contribution in [3.8, 4) is 0 Å². The van der Waals surface area contributed by atoms with Gasteiger partial charge in [0.15, 0.2) is 18.9 Å². The lowest BCUT2D eigenvalue weighted by Gasteiger charge is -2.47. The third kappa shape index (κ3) is 5.32. The first-order valence-electron chi connectivity index (χ1n) is 10.4. The fraction of sp³-hybridized carbons (Fsp3) is 1.00. The number of rotatable bonds is 6. The molecule has 0 aliphatic carbocycles. The van der Waals surface area contributed by atoms with E-state index in [4.69, 9.17) is 23.7 Å². The van der Waals surface area contributed by atoms with Crippen LogP contribution in [-0.2, 0) is 23.7 Å². The molecular weight excluding hydrogens is 456 g/mol. The van der Waals surface area contributed by atoms with Crippen molar-refractivity contribution in [1.29, 1.82) is 0 Å². The zero-order chi connectivity index (χ0) is 24.6. The Labute approximate surface area is 187 Å². The smallest absolute Gasteiger partial charge is 0.187 e. The zero-order valence-electron chi connectivity index (χ0n) is 17.6. The molecule has 0 radical (unpaired) electrons. The first-order valence-corrected chi connectivity index (χ1v) is 10.4. The van der Waals surface area contributed by atoms with E-state index >= 15 is 0 Å². The van der Waals surface area contributed by atoms with Crippen LogP contribution in [0.5, 0.6) is 0 Å². The fourth-order valence-electron chi connectivity index (χ4n) is 4.02. The van der Waals surface area contributed by atoms with E-state index < -0.39 is 105 Å². The Morgan fingerprint density at radius 2 is 1.06 bits per heavy atom. The minimum absolute atomic E-state index is 0.695. The lowest BCUT2D eigenvalue weighted by atomic mass is 9.96. The Morgan fingerprint density at radius 3 is 1.67 bits per heavy atom. The first kappa shape index (κ1) is 27.0. The summed E-state index contributed by atoms with van der Waals surface area (Å²) in [5, 5.41) is 99.5. The van der Waals surface area contributed by atoms with E-state index in [0.717, 1.165) is 0 Å². The minimum Gasteiger partial charge on any atom is -0.394 e. The molecule has 3 aliphatic heterocycles. The Morgan fingerprint density at radius 1 is 0.545 bits per heavy atom. The van der Waals surface area contributed by atoms with Gasteiger partial charge in [-0.3, -0.25) is 0 Å². The number of aliphatic hydroxyl groups is 10. The summed E-state index contributed by atoms with van der Waals surface area (Å²) in [6, 6.07) is 0. The lowest BCUT2D eigenvalue weighted by molar-refractivity contribution is -0.374. The summed E-state index contributed by atoms with van der Waals surface area (Å²) in [7, 11) is 0. The van der Waals surface area contributed by atoms with Crippen LogP contribution in [-0.4, -0.2) is 156 Å². The molecule has 3 saturated heterocycles. The van der Waals surface area contributed by atoms with Gasteiger partial charge in [-0.05, 0) is 6.92 Å². The number of hydrogen-bond acceptors (Lipinski definition) is 15. The molecule has 194 valence electrons. The van der Waals surface area contributed by atoms with E-state index in [1.165, 1.54) is 6.92 Å². The van der Waals surface area contributed by atoms with Crippen molar-refractivity contribution in [3.63, 3.8) is 0 Å². The highest BCUT2D eigenvalue weighted by Crippen LogP contribution is 2.31. The van der Waals surface area contributed by atoms with Gasteiger partial charge in [-0.25, -0.2) is 0 Å². The summed E-state index contributed by atoms with van der Waals surface area (Å²) in [5.41, 5.74) is 0. The summed E-state index contributed by atoms with van der Waals surface area (Å²) in [5.74, 6) is 0. The molecule has 3 heterocycles. The molecule has 0 aromatic rings. The van der Waals surface area contributed by atoms with E-state index in [9.17, 15) is 51.1 Å². The Hall–Kier alpha value is -0.600. The van der Waals surface area contributed by atoms with Crippen LogP contribution in [0, 0.1) is 0 Å². The SMILES string of the molecule is C[C@@H]1O[C@H](O[C@@H]2[C@@H](O)[C@@H](O)O[C@H](CO)[C@@H]2O)[C@H](O)[C@H](O)[C@H]1O[C@@H]1O[C@H](CO)[C@@H](O)[C@H](O)[C@@H]1O. The van der Waals surface area contributed by atoms with Gasteiger partial charge in [-0.2, -0.15) is 0 Å². The van der Waals surface area contributed by atoms with Crippen molar-refractivity contribution in [1.82, 2.24) is 0 Å². The molecular formula is C18H32O15. The summed E-state index contributed by atoms with van der Waals surface area (Å²) < 4.78 is 26.5. The normalized spacial score (nSPS) is 53.7. The summed E-state index contributed by atoms with van der Waals surface area (Å²) in [4.78, 5) is 0. The van der Waals surface area contributed by atoms with Gasteiger partial charge in [0.25, 0.3) is 0 Å². The Balaban J connectivity index is 1.67. The third-order valence-corrected chi connectivity index (χ3v) is 6.05. The monoisotopic (exact) mass is 488 g/mol. The molecule has 0 unspecified atom stereocenters. The topological polar surface area (TPSA) is 248 Å². The van der Waals surface area contributed by atoms with Crippen molar-refractivity contribution in [3.05, 3.63) is 0 Å². The second-order valence-electron chi connectivity index (χ2n) is 8.32. The first-order chi connectivity index (χ1) is 15.5. The third-order valence-electron chi connectivity index (χ3n) is 6.05. The molecule has 15 nitrogen and oxygen atoms in total. The Bertz CT molecular complexity index is 624. The van der Waals surface area contributed by atoms with Crippen LogP contribution >= 0.6 is 0 Å². The molecule has 0 aromatic heterocycles. The van der Waals surface area contributed by atoms with Gasteiger partial charge < -0.3 is 74.7 Å². The number of hydrogen-bond donors (Lipinski definition) is 10. The second-order valence-corrected chi connectivity index (χ2v) is 8.32. The van der Waals surface area contributed by atoms with Gasteiger partial charge in [0.05, 0.1) is 19.3 Å². The van der Waals surface area contributed by atoms with Crippen molar-refractivity contribution in [2.24, 2.45) is 0 Å². The van der Waals surface area contributed by atoms with Crippen molar-refractivity contribution >= 4 is 0 Å². The molecule has 0 aromatic carbocycles. The average molecular weight is 488 g/mol.